The SMILES string of the molecule is [C-]#[N+]c1c(-c2ccc(OC)cc2)cc(C2CC2)nc1SCC(N)=O. The number of amides is 1. The summed E-state index contributed by atoms with van der Waals surface area (Å²) in [6.45, 7) is 7.56. The Balaban J connectivity index is 2.08. The van der Waals surface area contributed by atoms with Crippen LogP contribution in [-0.2, 0) is 4.79 Å². The van der Waals surface area contributed by atoms with Gasteiger partial charge < -0.3 is 10.5 Å². The van der Waals surface area contributed by atoms with Crippen molar-refractivity contribution in [2.24, 2.45) is 5.73 Å². The van der Waals surface area contributed by atoms with Crippen molar-refractivity contribution in [3.8, 4) is 16.9 Å². The van der Waals surface area contributed by atoms with Crippen molar-refractivity contribution in [1.29, 1.82) is 0 Å². The van der Waals surface area contributed by atoms with Crippen molar-refractivity contribution in [3.63, 3.8) is 0 Å². The molecule has 0 unspecified atom stereocenters. The van der Waals surface area contributed by atoms with Gasteiger partial charge in [0.1, 0.15) is 10.8 Å². The quantitative estimate of drug-likeness (QED) is 0.642. The van der Waals surface area contributed by atoms with E-state index < -0.39 is 5.91 Å². The van der Waals surface area contributed by atoms with Crippen molar-refractivity contribution < 1.29 is 9.53 Å². The van der Waals surface area contributed by atoms with E-state index in [0.717, 1.165) is 35.4 Å². The summed E-state index contributed by atoms with van der Waals surface area (Å²) < 4.78 is 5.19. The van der Waals surface area contributed by atoms with Crippen molar-refractivity contribution in [2.45, 2.75) is 23.8 Å². The summed E-state index contributed by atoms with van der Waals surface area (Å²) in [6, 6.07) is 9.61. The smallest absolute Gasteiger partial charge is 0.227 e. The number of carbonyl (C=O) groups excluding carboxylic acids is 1. The minimum absolute atomic E-state index is 0.117. The maximum atomic E-state index is 11.1. The fourth-order valence-electron chi connectivity index (χ4n) is 2.46. The van der Waals surface area contributed by atoms with Crippen LogP contribution >= 0.6 is 11.8 Å². The molecule has 2 aromatic rings. The van der Waals surface area contributed by atoms with Crippen molar-refractivity contribution >= 4 is 23.4 Å². The summed E-state index contributed by atoms with van der Waals surface area (Å²) in [6.07, 6.45) is 2.23. The van der Waals surface area contributed by atoms with Gasteiger partial charge in [0.05, 0.1) is 19.4 Å². The van der Waals surface area contributed by atoms with Gasteiger partial charge in [-0.25, -0.2) is 4.85 Å². The number of aromatic nitrogens is 1. The van der Waals surface area contributed by atoms with Gasteiger partial charge in [0.25, 0.3) is 0 Å². The van der Waals surface area contributed by atoms with Gasteiger partial charge >= 0.3 is 0 Å². The number of hydrogen-bond acceptors (Lipinski definition) is 4. The Labute approximate surface area is 145 Å². The number of ether oxygens (including phenoxy) is 1. The van der Waals surface area contributed by atoms with Crippen molar-refractivity contribution in [1.82, 2.24) is 4.98 Å². The molecular formula is C18H17N3O2S. The van der Waals surface area contributed by atoms with E-state index in [1.807, 2.05) is 30.3 Å². The van der Waals surface area contributed by atoms with Crippen LogP contribution in [0.15, 0.2) is 35.4 Å². The largest absolute Gasteiger partial charge is 0.497 e. The van der Waals surface area contributed by atoms with Gasteiger partial charge in [-0.3, -0.25) is 9.78 Å². The predicted octanol–water partition coefficient (Wildman–Crippen LogP) is 3.76. The van der Waals surface area contributed by atoms with E-state index in [1.54, 1.807) is 7.11 Å². The highest BCUT2D eigenvalue weighted by Crippen LogP contribution is 2.45. The highest BCUT2D eigenvalue weighted by Gasteiger charge is 2.27. The molecule has 2 N–H and O–H groups in total. The number of rotatable bonds is 6. The number of pyridine rings is 1. The van der Waals surface area contributed by atoms with Gasteiger partial charge in [0, 0.05) is 11.6 Å². The van der Waals surface area contributed by atoms with Crippen LogP contribution in [0.5, 0.6) is 5.75 Å². The summed E-state index contributed by atoms with van der Waals surface area (Å²) in [5.74, 6) is 0.921. The fraction of sp³-hybridized carbons (Fsp3) is 0.278. The van der Waals surface area contributed by atoms with Gasteiger partial charge in [0.2, 0.25) is 11.6 Å². The Kier molecular flexibility index (Phi) is 4.72. The molecule has 1 aromatic carbocycles. The number of nitrogens with zero attached hydrogens (tertiary/aromatic N) is 2. The van der Waals surface area contributed by atoms with Crippen LogP contribution in [0.25, 0.3) is 16.0 Å². The number of benzene rings is 1. The highest BCUT2D eigenvalue weighted by atomic mass is 32.2. The second-order valence-corrected chi connectivity index (χ2v) is 6.58. The Hall–Kier alpha value is -2.52. The molecule has 122 valence electrons. The van der Waals surface area contributed by atoms with Gasteiger partial charge in [-0.1, -0.05) is 12.1 Å². The van der Waals surface area contributed by atoms with Gasteiger partial charge in [-0.2, -0.15) is 0 Å². The van der Waals surface area contributed by atoms with Crippen LogP contribution in [0, 0.1) is 6.57 Å². The normalized spacial score (nSPS) is 13.3. The first kappa shape index (κ1) is 16.3. The predicted molar refractivity (Wildman–Crippen MR) is 94.4 cm³/mol. The van der Waals surface area contributed by atoms with Crippen LogP contribution in [0.3, 0.4) is 0 Å². The molecule has 1 aliphatic carbocycles. The molecule has 1 aliphatic rings. The number of nitrogens with two attached hydrogens (primary N) is 1. The second kappa shape index (κ2) is 6.93. The molecule has 0 spiro atoms. The monoisotopic (exact) mass is 339 g/mol. The van der Waals surface area contributed by atoms with Crippen molar-refractivity contribution in [3.05, 3.63) is 47.4 Å². The van der Waals surface area contributed by atoms with Crippen LogP contribution in [0.2, 0.25) is 0 Å². The summed E-state index contributed by atoms with van der Waals surface area (Å²) >= 11 is 1.23. The minimum Gasteiger partial charge on any atom is -0.497 e. The third kappa shape index (κ3) is 3.52. The molecule has 0 atom stereocenters. The molecule has 0 aliphatic heterocycles. The molecule has 5 nitrogen and oxygen atoms in total. The molecule has 3 rings (SSSR count). The highest BCUT2D eigenvalue weighted by molar-refractivity contribution is 8.00. The lowest BCUT2D eigenvalue weighted by Gasteiger charge is -2.12. The molecule has 1 aromatic heterocycles. The summed E-state index contributed by atoms with van der Waals surface area (Å²) in [7, 11) is 1.62. The zero-order valence-corrected chi connectivity index (χ0v) is 14.1. The first-order valence-electron chi connectivity index (χ1n) is 7.60. The van der Waals surface area contributed by atoms with Crippen LogP contribution in [0.1, 0.15) is 24.5 Å². The first-order chi connectivity index (χ1) is 11.6. The lowest BCUT2D eigenvalue weighted by Crippen LogP contribution is -2.13. The van der Waals surface area contributed by atoms with Crippen LogP contribution in [-0.4, -0.2) is 23.8 Å². The first-order valence-corrected chi connectivity index (χ1v) is 8.59. The van der Waals surface area contributed by atoms with E-state index in [4.69, 9.17) is 17.0 Å². The van der Waals surface area contributed by atoms with E-state index in [2.05, 4.69) is 9.83 Å². The Morgan fingerprint density at radius 1 is 1.42 bits per heavy atom. The van der Waals surface area contributed by atoms with E-state index in [-0.39, 0.29) is 5.75 Å². The molecule has 1 heterocycles. The van der Waals surface area contributed by atoms with Gasteiger partial charge in [-0.05, 0) is 42.2 Å². The maximum absolute atomic E-state index is 11.1. The standard InChI is InChI=1S/C18H17N3O2S/c1-20-17-14(11-5-7-13(23-2)8-6-11)9-15(12-3-4-12)21-18(17)24-10-16(19)22/h5-9,12H,3-4,10H2,2H3,(H2,19,22). The Morgan fingerprint density at radius 2 is 2.12 bits per heavy atom. The molecule has 24 heavy (non-hydrogen) atoms. The van der Waals surface area contributed by atoms with Crippen molar-refractivity contribution in [2.75, 3.05) is 12.9 Å². The molecule has 1 amide bonds. The summed E-state index contributed by atoms with van der Waals surface area (Å²) in [5, 5.41) is 0.582. The van der Waals surface area contributed by atoms with E-state index in [1.165, 1.54) is 11.8 Å². The third-order valence-corrected chi connectivity index (χ3v) is 4.83. The lowest BCUT2D eigenvalue weighted by molar-refractivity contribution is -0.115. The minimum atomic E-state index is -0.416. The van der Waals surface area contributed by atoms with E-state index in [0.29, 0.717) is 16.6 Å². The maximum Gasteiger partial charge on any atom is 0.227 e. The van der Waals surface area contributed by atoms with Crippen LogP contribution in [0.4, 0.5) is 5.69 Å². The number of carbonyl (C=O) groups is 1. The second-order valence-electron chi connectivity index (χ2n) is 5.62. The number of hydrogen-bond donors (Lipinski definition) is 1. The molecular weight excluding hydrogens is 322 g/mol. The molecule has 0 bridgehead atoms. The molecule has 6 heteroatoms. The molecule has 1 saturated carbocycles. The topological polar surface area (TPSA) is 69.6 Å². The van der Waals surface area contributed by atoms with E-state index >= 15 is 0 Å². The Bertz CT molecular complexity index is 808. The third-order valence-electron chi connectivity index (χ3n) is 3.84. The lowest BCUT2D eigenvalue weighted by atomic mass is 10.0. The Morgan fingerprint density at radius 3 is 2.67 bits per heavy atom. The molecule has 0 saturated heterocycles. The number of thioether (sulfide) groups is 1. The van der Waals surface area contributed by atoms with Crippen LogP contribution < -0.4 is 10.5 Å². The van der Waals surface area contributed by atoms with E-state index in [9.17, 15) is 4.79 Å². The molecule has 0 radical (unpaired) electrons. The van der Waals surface area contributed by atoms with Gasteiger partial charge in [0.15, 0.2) is 0 Å². The summed E-state index contributed by atoms with van der Waals surface area (Å²) in [4.78, 5) is 19.4. The number of methoxy groups -OCH3 is 1. The zero-order chi connectivity index (χ0) is 17.1. The van der Waals surface area contributed by atoms with Gasteiger partial charge in [-0.15, -0.1) is 11.8 Å². The summed E-state index contributed by atoms with van der Waals surface area (Å²) in [5.41, 5.74) is 8.48. The molecule has 1 fully saturated rings. The average Bonchev–Trinajstić information content (AvgIpc) is 3.44. The average molecular weight is 339 g/mol. The number of primary amides is 1. The fourth-order valence-corrected chi connectivity index (χ4v) is 3.20. The zero-order valence-electron chi connectivity index (χ0n) is 13.3.